The lowest BCUT2D eigenvalue weighted by molar-refractivity contribution is -0.137. The van der Waals surface area contributed by atoms with Gasteiger partial charge in [-0.05, 0) is 36.9 Å². The number of piperazine rings is 1. The van der Waals surface area contributed by atoms with Crippen molar-refractivity contribution < 1.29 is 19.2 Å². The Bertz CT molecular complexity index is 958. The van der Waals surface area contributed by atoms with Crippen LogP contribution < -0.4 is 10.6 Å². The largest absolute Gasteiger partial charge is 0.339 e. The van der Waals surface area contributed by atoms with Crippen molar-refractivity contribution in [2.24, 2.45) is 0 Å². The smallest absolute Gasteiger partial charge is 0.255 e. The van der Waals surface area contributed by atoms with Crippen LogP contribution in [0.1, 0.15) is 47.2 Å². The van der Waals surface area contributed by atoms with Gasteiger partial charge in [0.1, 0.15) is 6.04 Å². The maximum Gasteiger partial charge on any atom is 0.255 e. The van der Waals surface area contributed by atoms with E-state index in [1.54, 1.807) is 4.90 Å². The summed E-state index contributed by atoms with van der Waals surface area (Å²) in [5.74, 6) is -0.655. The number of nitrogens with one attached hydrogen (secondary N) is 2. The topological polar surface area (TPSA) is 102 Å². The van der Waals surface area contributed by atoms with Crippen molar-refractivity contribution in [3.05, 3.63) is 34.9 Å². The highest BCUT2D eigenvalue weighted by Crippen LogP contribution is 2.32. The van der Waals surface area contributed by atoms with Crippen LogP contribution in [-0.4, -0.2) is 83.1 Å². The maximum absolute atomic E-state index is 13.3. The van der Waals surface area contributed by atoms with E-state index in [9.17, 15) is 19.2 Å². The van der Waals surface area contributed by atoms with Gasteiger partial charge >= 0.3 is 0 Å². The van der Waals surface area contributed by atoms with Gasteiger partial charge in [-0.2, -0.15) is 0 Å². The van der Waals surface area contributed by atoms with Crippen LogP contribution in [0.25, 0.3) is 0 Å². The van der Waals surface area contributed by atoms with Gasteiger partial charge in [0.05, 0.1) is 6.04 Å². The normalized spacial score (nSPS) is 26.4. The first-order valence-electron chi connectivity index (χ1n) is 11.5. The zero-order valence-electron chi connectivity index (χ0n) is 18.1. The Kier molecular flexibility index (Phi) is 5.69. The molecule has 0 spiro atoms. The van der Waals surface area contributed by atoms with Crippen LogP contribution in [0, 0.1) is 0 Å². The van der Waals surface area contributed by atoms with Crippen LogP contribution in [0.5, 0.6) is 0 Å². The van der Waals surface area contributed by atoms with E-state index in [1.165, 1.54) is 0 Å². The second-order valence-electron chi connectivity index (χ2n) is 9.06. The Balaban J connectivity index is 1.33. The molecule has 0 aliphatic carbocycles. The minimum Gasteiger partial charge on any atom is -0.339 e. The first-order valence-corrected chi connectivity index (χ1v) is 11.5. The Morgan fingerprint density at radius 1 is 1.06 bits per heavy atom. The number of fused-ring (bicyclic) bond motifs is 1. The zero-order valence-corrected chi connectivity index (χ0v) is 18.1. The Morgan fingerprint density at radius 3 is 2.66 bits per heavy atom. The van der Waals surface area contributed by atoms with E-state index in [4.69, 9.17) is 0 Å². The van der Waals surface area contributed by atoms with Crippen molar-refractivity contribution >= 4 is 23.6 Å². The molecule has 4 aliphatic rings. The number of hydrogen-bond acceptors (Lipinski definition) is 6. The van der Waals surface area contributed by atoms with E-state index in [2.05, 4.69) is 15.5 Å². The number of hydrogen-bond donors (Lipinski definition) is 2. The molecule has 1 unspecified atom stereocenters. The predicted octanol–water partition coefficient (Wildman–Crippen LogP) is -0.156. The number of carbonyl (C=O) groups is 4. The number of benzene rings is 1. The van der Waals surface area contributed by atoms with Gasteiger partial charge in [0.15, 0.2) is 0 Å². The van der Waals surface area contributed by atoms with Crippen LogP contribution in [-0.2, 0) is 27.5 Å². The minimum absolute atomic E-state index is 0.147. The lowest BCUT2D eigenvalue weighted by Crippen LogP contribution is -2.52. The molecule has 4 amide bonds. The fraction of sp³-hybridized carbons (Fsp3) is 0.565. The number of carbonyl (C=O) groups excluding carboxylic acids is 4. The van der Waals surface area contributed by atoms with Gasteiger partial charge in [0.2, 0.25) is 17.7 Å². The minimum atomic E-state index is -0.616. The summed E-state index contributed by atoms with van der Waals surface area (Å²) in [7, 11) is 0. The number of nitrogens with zero attached hydrogens (tertiary/aromatic N) is 3. The van der Waals surface area contributed by atoms with Crippen molar-refractivity contribution in [2.75, 3.05) is 32.7 Å². The number of likely N-dealkylation sites (tertiary alicyclic amines) is 1. The molecule has 4 aliphatic heterocycles. The van der Waals surface area contributed by atoms with E-state index in [1.807, 2.05) is 23.1 Å². The molecule has 9 nitrogen and oxygen atoms in total. The van der Waals surface area contributed by atoms with E-state index in [-0.39, 0.29) is 30.2 Å². The Hall–Kier alpha value is -2.78. The fourth-order valence-corrected chi connectivity index (χ4v) is 5.43. The molecule has 2 atom stereocenters. The molecule has 2 N–H and O–H groups in total. The molecule has 0 aromatic heterocycles. The monoisotopic (exact) mass is 439 g/mol. The summed E-state index contributed by atoms with van der Waals surface area (Å²) in [5.41, 5.74) is 2.46. The van der Waals surface area contributed by atoms with Crippen molar-refractivity contribution in [1.82, 2.24) is 25.3 Å². The second-order valence-corrected chi connectivity index (χ2v) is 9.06. The molecule has 0 bridgehead atoms. The molecule has 3 saturated heterocycles. The van der Waals surface area contributed by atoms with Gasteiger partial charge < -0.3 is 15.1 Å². The third kappa shape index (κ3) is 3.80. The van der Waals surface area contributed by atoms with Gasteiger partial charge in [-0.1, -0.05) is 18.2 Å². The number of piperidine rings is 1. The zero-order chi connectivity index (χ0) is 22.2. The maximum atomic E-state index is 13.3. The lowest BCUT2D eigenvalue weighted by Gasteiger charge is -2.33. The summed E-state index contributed by atoms with van der Waals surface area (Å²) >= 11 is 0. The number of amides is 4. The van der Waals surface area contributed by atoms with Gasteiger partial charge in [-0.25, -0.2) is 0 Å². The van der Waals surface area contributed by atoms with Crippen molar-refractivity contribution in [3.8, 4) is 0 Å². The third-order valence-electron chi connectivity index (χ3n) is 7.09. The Morgan fingerprint density at radius 2 is 1.88 bits per heavy atom. The van der Waals surface area contributed by atoms with Gasteiger partial charge in [0.25, 0.3) is 5.91 Å². The van der Waals surface area contributed by atoms with E-state index >= 15 is 0 Å². The molecule has 1 aromatic rings. The molecule has 5 rings (SSSR count). The molecule has 9 heteroatoms. The molecule has 3 fully saturated rings. The Labute approximate surface area is 187 Å². The van der Waals surface area contributed by atoms with E-state index in [0.717, 1.165) is 56.7 Å². The van der Waals surface area contributed by atoms with Crippen LogP contribution >= 0.6 is 0 Å². The van der Waals surface area contributed by atoms with E-state index in [0.29, 0.717) is 25.1 Å². The van der Waals surface area contributed by atoms with Crippen molar-refractivity contribution in [1.29, 1.82) is 0 Å². The van der Waals surface area contributed by atoms with Crippen LogP contribution in [0.2, 0.25) is 0 Å². The highest BCUT2D eigenvalue weighted by atomic mass is 16.2. The average Bonchev–Trinajstić information content (AvgIpc) is 3.39. The fourth-order valence-electron chi connectivity index (χ4n) is 5.43. The standard InChI is InChI=1S/C23H29N5O4/c29-19-7-6-17(21(30)25-19)28-14-16-4-1-3-15(20(16)23(28)32)13-27-10-2-5-18(27)22(31)26-11-8-24-9-12-26/h1,3-4,17-18,24H,2,5-14H2,(H,25,29,30)/t17?,18-/m1/s1. The van der Waals surface area contributed by atoms with E-state index < -0.39 is 11.9 Å². The summed E-state index contributed by atoms with van der Waals surface area (Å²) in [6, 6.07) is 5.06. The lowest BCUT2D eigenvalue weighted by atomic mass is 10.0. The molecule has 170 valence electrons. The molecule has 0 radical (unpaired) electrons. The highest BCUT2D eigenvalue weighted by molar-refractivity contribution is 6.06. The molecule has 0 saturated carbocycles. The first-order chi connectivity index (χ1) is 15.5. The SMILES string of the molecule is O=C1CCC(N2Cc3cccc(CN4CCC[C@@H]4C(=O)N4CCNCC4)c3C2=O)C(=O)N1. The second kappa shape index (κ2) is 8.63. The number of rotatable bonds is 4. The van der Waals surface area contributed by atoms with Crippen molar-refractivity contribution in [3.63, 3.8) is 0 Å². The van der Waals surface area contributed by atoms with Gasteiger partial charge in [0, 0.05) is 51.3 Å². The molecular formula is C23H29N5O4. The first kappa shape index (κ1) is 21.1. The van der Waals surface area contributed by atoms with Crippen LogP contribution in [0.3, 0.4) is 0 Å². The molecule has 32 heavy (non-hydrogen) atoms. The summed E-state index contributed by atoms with van der Waals surface area (Å²) < 4.78 is 0. The molecule has 4 heterocycles. The van der Waals surface area contributed by atoms with Crippen LogP contribution in [0.15, 0.2) is 18.2 Å². The van der Waals surface area contributed by atoms with Crippen LogP contribution in [0.4, 0.5) is 0 Å². The number of imide groups is 1. The summed E-state index contributed by atoms with van der Waals surface area (Å²) in [4.78, 5) is 56.0. The predicted molar refractivity (Wildman–Crippen MR) is 115 cm³/mol. The quantitative estimate of drug-likeness (QED) is 0.633. The molecule has 1 aromatic carbocycles. The van der Waals surface area contributed by atoms with Gasteiger partial charge in [-0.15, -0.1) is 0 Å². The summed E-state index contributed by atoms with van der Waals surface area (Å²) in [6.45, 7) is 4.88. The van der Waals surface area contributed by atoms with Gasteiger partial charge in [-0.3, -0.25) is 29.4 Å². The molecular weight excluding hydrogens is 410 g/mol. The summed E-state index contributed by atoms with van der Waals surface area (Å²) in [5, 5.41) is 5.63. The van der Waals surface area contributed by atoms with Crippen molar-refractivity contribution in [2.45, 2.75) is 50.9 Å². The highest BCUT2D eigenvalue weighted by Gasteiger charge is 2.41. The third-order valence-corrected chi connectivity index (χ3v) is 7.09. The average molecular weight is 440 g/mol. The summed E-state index contributed by atoms with van der Waals surface area (Å²) in [6.07, 6.45) is 2.40.